The second kappa shape index (κ2) is 5.76. The van der Waals surface area contributed by atoms with Crippen LogP contribution in [0.4, 0.5) is 0 Å². The fourth-order valence-corrected chi connectivity index (χ4v) is 1.87. The minimum absolute atomic E-state index is 0.310. The molecule has 0 aromatic heterocycles. The zero-order valence-corrected chi connectivity index (χ0v) is 7.05. The van der Waals surface area contributed by atoms with E-state index in [-0.39, 0.29) is 21.4 Å². The molecule has 0 heterocycles. The molecule has 0 atom stereocenters. The maximum absolute atomic E-state index is 5.38. The Kier molecular flexibility index (Phi) is 6.49. The van der Waals surface area contributed by atoms with Crippen LogP contribution in [0.25, 0.3) is 0 Å². The van der Waals surface area contributed by atoms with Crippen LogP contribution in [0, 0.1) is 0 Å². The van der Waals surface area contributed by atoms with Crippen molar-refractivity contribution in [2.75, 3.05) is 0 Å². The predicted molar refractivity (Wildman–Crippen MR) is 29.7 cm³/mol. The molecule has 0 aliphatic carbocycles. The zero-order valence-electron chi connectivity index (χ0n) is 4.20. The number of rotatable bonds is 3. The van der Waals surface area contributed by atoms with Crippen LogP contribution < -0.4 is 3.96 Å². The van der Waals surface area contributed by atoms with E-state index >= 15 is 0 Å². The van der Waals surface area contributed by atoms with Crippen molar-refractivity contribution in [3.8, 4) is 0 Å². The van der Waals surface area contributed by atoms with Crippen LogP contribution in [0.3, 0.4) is 0 Å². The molecule has 36 valence electrons. The Morgan fingerprint density at radius 2 is 2.33 bits per heavy atom. The summed E-state index contributed by atoms with van der Waals surface area (Å²) in [6.45, 7) is 2.20. The van der Waals surface area contributed by atoms with Crippen molar-refractivity contribution in [1.29, 1.82) is 0 Å². The Morgan fingerprint density at radius 1 is 1.67 bits per heavy atom. The molecule has 0 aliphatic heterocycles. The van der Waals surface area contributed by atoms with Crippen LogP contribution in [0.15, 0.2) is 0 Å². The van der Waals surface area contributed by atoms with Crippen LogP contribution in [-0.4, -0.2) is 21.4 Å². The topological polar surface area (TPSA) is 26.0 Å². The number of nitrogens with two attached hydrogens (primary N) is 1. The average molecular weight is 192 g/mol. The van der Waals surface area contributed by atoms with Crippen molar-refractivity contribution >= 4 is 21.4 Å². The van der Waals surface area contributed by atoms with Crippen LogP contribution in [0.2, 0.25) is 4.44 Å². The van der Waals surface area contributed by atoms with Crippen molar-refractivity contribution < 1.29 is 0 Å². The molecule has 0 saturated heterocycles. The van der Waals surface area contributed by atoms with Crippen LogP contribution in [0.1, 0.15) is 19.8 Å². The van der Waals surface area contributed by atoms with Gasteiger partial charge in [0.2, 0.25) is 0 Å². The molecule has 1 nitrogen and oxygen atoms in total. The fourth-order valence-electron chi connectivity index (χ4n) is 0.279. The van der Waals surface area contributed by atoms with E-state index in [2.05, 4.69) is 6.92 Å². The van der Waals surface area contributed by atoms with Gasteiger partial charge in [-0.2, -0.15) is 0 Å². The Bertz CT molecular complexity index is 19.5. The van der Waals surface area contributed by atoms with Gasteiger partial charge in [-0.1, -0.05) is 0 Å². The summed E-state index contributed by atoms with van der Waals surface area (Å²) in [6.07, 6.45) is 2.68. The number of hydrogen-bond acceptors (Lipinski definition) is 1. The summed E-state index contributed by atoms with van der Waals surface area (Å²) < 4.78 is 6.75. The van der Waals surface area contributed by atoms with Gasteiger partial charge in [-0.25, -0.2) is 0 Å². The van der Waals surface area contributed by atoms with E-state index in [1.165, 1.54) is 17.3 Å². The molecule has 0 aromatic rings. The van der Waals surface area contributed by atoms with Gasteiger partial charge in [-0.05, 0) is 0 Å². The van der Waals surface area contributed by atoms with Crippen molar-refractivity contribution in [1.82, 2.24) is 0 Å². The van der Waals surface area contributed by atoms with Crippen molar-refractivity contribution in [2.45, 2.75) is 24.2 Å². The van der Waals surface area contributed by atoms with E-state index in [4.69, 9.17) is 3.96 Å². The van der Waals surface area contributed by atoms with Gasteiger partial charge in [-0.3, -0.25) is 0 Å². The summed E-state index contributed by atoms with van der Waals surface area (Å²) in [6, 6.07) is 0. The summed E-state index contributed by atoms with van der Waals surface area (Å²) in [5.74, 6) is 0. The number of hydrogen-bond donors (Lipinski definition) is 1. The Hall–Kier alpha value is 0.759. The Morgan fingerprint density at radius 3 is 2.50 bits per heavy atom. The summed E-state index contributed by atoms with van der Waals surface area (Å²) in [4.78, 5) is 0. The normalized spacial score (nSPS) is 9.00. The van der Waals surface area contributed by atoms with Gasteiger partial charge >= 0.3 is 49.6 Å². The van der Waals surface area contributed by atoms with E-state index in [0.29, 0.717) is 0 Å². The third-order valence-corrected chi connectivity index (χ3v) is 2.51. The van der Waals surface area contributed by atoms with E-state index in [0.717, 1.165) is 0 Å². The van der Waals surface area contributed by atoms with Crippen molar-refractivity contribution in [3.05, 3.63) is 0 Å². The monoisotopic (exact) mass is 193 g/mol. The van der Waals surface area contributed by atoms with Crippen molar-refractivity contribution in [2.24, 2.45) is 3.96 Å². The first-order valence-electron chi connectivity index (χ1n) is 2.35. The average Bonchev–Trinajstić information content (AvgIpc) is 1.61. The first-order valence-corrected chi connectivity index (χ1v) is 6.02. The van der Waals surface area contributed by atoms with Crippen molar-refractivity contribution in [3.63, 3.8) is 0 Å². The summed E-state index contributed by atoms with van der Waals surface area (Å²) >= 11 is -0.310. The van der Waals surface area contributed by atoms with Crippen LogP contribution in [-0.2, 0) is 0 Å². The molecule has 0 fully saturated rings. The summed E-state index contributed by atoms with van der Waals surface area (Å²) in [5, 5.41) is 0. The van der Waals surface area contributed by atoms with Gasteiger partial charge in [0.1, 0.15) is 0 Å². The summed E-state index contributed by atoms with van der Waals surface area (Å²) in [7, 11) is 0. The predicted octanol–water partition coefficient (Wildman–Crippen LogP) is 0.783. The molecule has 2 heteroatoms. The molecule has 6 heavy (non-hydrogen) atoms. The van der Waals surface area contributed by atoms with Crippen LogP contribution >= 0.6 is 0 Å². The van der Waals surface area contributed by atoms with Gasteiger partial charge in [0, 0.05) is 0 Å². The molecular formula is C4H11NSn. The van der Waals surface area contributed by atoms with Crippen LogP contribution in [0.5, 0.6) is 0 Å². The van der Waals surface area contributed by atoms with E-state index in [1.54, 1.807) is 0 Å². The molecule has 0 rings (SSSR count). The standard InChI is InChI=1S/C4H9.H2N.Sn/c1-3-4-2;;/h1,3-4H2,2H3;1H2;/q;-1;+1. The molecule has 0 aromatic carbocycles. The molecule has 2 radical (unpaired) electrons. The second-order valence-electron chi connectivity index (χ2n) is 1.31. The van der Waals surface area contributed by atoms with Gasteiger partial charge in [0.05, 0.1) is 0 Å². The Labute approximate surface area is 49.9 Å². The van der Waals surface area contributed by atoms with Gasteiger partial charge in [0.15, 0.2) is 0 Å². The molecule has 0 unspecified atom stereocenters. The van der Waals surface area contributed by atoms with Gasteiger partial charge in [0.25, 0.3) is 0 Å². The SMILES string of the molecule is CCC[CH2][Sn][NH2]. The first-order chi connectivity index (χ1) is 2.91. The molecule has 2 N–H and O–H groups in total. The van der Waals surface area contributed by atoms with E-state index < -0.39 is 0 Å². The third kappa shape index (κ3) is 4.76. The maximum atomic E-state index is 5.38. The zero-order chi connectivity index (χ0) is 4.83. The van der Waals surface area contributed by atoms with E-state index in [9.17, 15) is 0 Å². The van der Waals surface area contributed by atoms with E-state index in [1.807, 2.05) is 0 Å². The molecule has 0 aliphatic rings. The minimum atomic E-state index is -0.310. The third-order valence-electron chi connectivity index (χ3n) is 0.675. The second-order valence-corrected chi connectivity index (χ2v) is 3.90. The van der Waals surface area contributed by atoms with Gasteiger partial charge in [-0.15, -0.1) is 0 Å². The first kappa shape index (κ1) is 6.76. The fraction of sp³-hybridized carbons (Fsp3) is 1.00. The Balaban J connectivity index is 2.34. The molecular weight excluding hydrogens is 181 g/mol. The molecule has 0 amide bonds. The summed E-state index contributed by atoms with van der Waals surface area (Å²) in [5.41, 5.74) is 0. The number of unbranched alkanes of at least 4 members (excludes halogenated alkanes) is 1. The quantitative estimate of drug-likeness (QED) is 0.518. The van der Waals surface area contributed by atoms with Gasteiger partial charge < -0.3 is 0 Å². The molecule has 0 bridgehead atoms. The molecule has 0 spiro atoms. The molecule has 0 saturated carbocycles.